The summed E-state index contributed by atoms with van der Waals surface area (Å²) in [5.74, 6) is 2.77. The molecule has 2 fully saturated rings. The Balaban J connectivity index is 1.63. The molecule has 0 bridgehead atoms. The van der Waals surface area contributed by atoms with Crippen LogP contribution in [0.5, 0.6) is 0 Å². The molecule has 102 valence electrons. The molecule has 2 aliphatic carbocycles. The number of aromatic nitrogens is 3. The van der Waals surface area contributed by atoms with Crippen LogP contribution in [0.15, 0.2) is 5.16 Å². The highest BCUT2D eigenvalue weighted by atomic mass is 32.2. The van der Waals surface area contributed by atoms with E-state index in [1.807, 2.05) is 7.05 Å². The molecular weight excluding hydrogens is 258 g/mol. The maximum Gasteiger partial charge on any atom is 0.191 e. The molecule has 2 saturated carbocycles. The topological polar surface area (TPSA) is 66.5 Å². The van der Waals surface area contributed by atoms with Crippen molar-refractivity contribution in [1.29, 1.82) is 5.26 Å². The molecule has 5 nitrogen and oxygen atoms in total. The van der Waals surface area contributed by atoms with Crippen LogP contribution in [0.3, 0.4) is 0 Å². The molecule has 19 heavy (non-hydrogen) atoms. The van der Waals surface area contributed by atoms with Gasteiger partial charge in [-0.2, -0.15) is 5.26 Å². The van der Waals surface area contributed by atoms with Crippen LogP contribution < -0.4 is 5.32 Å². The minimum Gasteiger partial charge on any atom is -0.305 e. The van der Waals surface area contributed by atoms with Crippen molar-refractivity contribution in [1.82, 2.24) is 20.1 Å². The van der Waals surface area contributed by atoms with Crippen molar-refractivity contribution >= 4 is 11.8 Å². The van der Waals surface area contributed by atoms with Crippen molar-refractivity contribution in [3.63, 3.8) is 0 Å². The molecule has 0 spiro atoms. The molecule has 1 N–H and O–H groups in total. The molecule has 6 heteroatoms. The summed E-state index contributed by atoms with van der Waals surface area (Å²) in [6.45, 7) is 0. The lowest BCUT2D eigenvalue weighted by Gasteiger charge is -2.09. The number of rotatable bonds is 7. The first-order valence-electron chi connectivity index (χ1n) is 6.98. The van der Waals surface area contributed by atoms with Crippen LogP contribution in [0.25, 0.3) is 0 Å². The van der Waals surface area contributed by atoms with E-state index in [4.69, 9.17) is 5.26 Å². The Labute approximate surface area is 117 Å². The van der Waals surface area contributed by atoms with Gasteiger partial charge in [-0.05, 0) is 39.2 Å². The minimum atomic E-state index is -0.0623. The average Bonchev–Trinajstić information content (AvgIpc) is 3.33. The van der Waals surface area contributed by atoms with E-state index < -0.39 is 0 Å². The second-order valence-electron chi connectivity index (χ2n) is 5.32. The van der Waals surface area contributed by atoms with Gasteiger partial charge in [0.2, 0.25) is 0 Å². The molecule has 1 heterocycles. The van der Waals surface area contributed by atoms with Gasteiger partial charge in [-0.3, -0.25) is 0 Å². The van der Waals surface area contributed by atoms with Gasteiger partial charge in [0.15, 0.2) is 5.16 Å². The molecule has 1 unspecified atom stereocenters. The molecule has 0 radical (unpaired) electrons. The highest BCUT2D eigenvalue weighted by Crippen LogP contribution is 2.45. The summed E-state index contributed by atoms with van der Waals surface area (Å²) in [6.07, 6.45) is 5.91. The zero-order valence-corrected chi connectivity index (χ0v) is 12.0. The Kier molecular flexibility index (Phi) is 3.76. The van der Waals surface area contributed by atoms with Gasteiger partial charge in [-0.15, -0.1) is 10.2 Å². The minimum absolute atomic E-state index is 0.0623. The lowest BCUT2D eigenvalue weighted by Crippen LogP contribution is -2.23. The molecule has 0 aliphatic heterocycles. The van der Waals surface area contributed by atoms with Gasteiger partial charge in [0.1, 0.15) is 5.82 Å². The SMILES string of the molecule is CNC(C#N)CCSc1nnc(C2CC2)n1C1CC1. The maximum atomic E-state index is 8.91. The monoisotopic (exact) mass is 277 g/mol. The summed E-state index contributed by atoms with van der Waals surface area (Å²) in [4.78, 5) is 0. The lowest BCUT2D eigenvalue weighted by molar-refractivity contribution is 0.624. The number of nitriles is 1. The second-order valence-corrected chi connectivity index (χ2v) is 6.39. The predicted octanol–water partition coefficient (Wildman–Crippen LogP) is 2.08. The Morgan fingerprint density at radius 2 is 2.21 bits per heavy atom. The van der Waals surface area contributed by atoms with Crippen molar-refractivity contribution in [3.05, 3.63) is 5.82 Å². The van der Waals surface area contributed by atoms with E-state index in [1.54, 1.807) is 11.8 Å². The molecule has 3 rings (SSSR count). The standard InChI is InChI=1S/C13H19N5S/c1-15-10(8-14)6-7-19-13-17-16-12(9-2-3-9)18(13)11-4-5-11/h9-11,15H,2-7H2,1H3. The van der Waals surface area contributed by atoms with Crippen molar-refractivity contribution in [2.45, 2.75) is 55.3 Å². The summed E-state index contributed by atoms with van der Waals surface area (Å²) in [5, 5.41) is 21.7. The fraction of sp³-hybridized carbons (Fsp3) is 0.769. The van der Waals surface area contributed by atoms with Crippen LogP contribution in [0.2, 0.25) is 0 Å². The van der Waals surface area contributed by atoms with Crippen molar-refractivity contribution in [2.24, 2.45) is 0 Å². The molecule has 0 amide bonds. The maximum absolute atomic E-state index is 8.91. The Morgan fingerprint density at radius 1 is 1.42 bits per heavy atom. The first-order chi connectivity index (χ1) is 9.33. The summed E-state index contributed by atoms with van der Waals surface area (Å²) in [6, 6.07) is 2.83. The van der Waals surface area contributed by atoms with Gasteiger partial charge in [0.25, 0.3) is 0 Å². The molecule has 1 aromatic heterocycles. The van der Waals surface area contributed by atoms with Gasteiger partial charge >= 0.3 is 0 Å². The van der Waals surface area contributed by atoms with E-state index in [0.717, 1.165) is 17.3 Å². The highest BCUT2D eigenvalue weighted by molar-refractivity contribution is 7.99. The van der Waals surface area contributed by atoms with E-state index in [9.17, 15) is 0 Å². The van der Waals surface area contributed by atoms with Crippen molar-refractivity contribution < 1.29 is 0 Å². The highest BCUT2D eigenvalue weighted by Gasteiger charge is 2.36. The van der Waals surface area contributed by atoms with E-state index in [2.05, 4.69) is 26.2 Å². The fourth-order valence-electron chi connectivity index (χ4n) is 2.22. The average molecular weight is 277 g/mol. The first-order valence-corrected chi connectivity index (χ1v) is 7.96. The van der Waals surface area contributed by atoms with Gasteiger partial charge < -0.3 is 9.88 Å². The van der Waals surface area contributed by atoms with Gasteiger partial charge in [-0.1, -0.05) is 11.8 Å². The van der Waals surface area contributed by atoms with Crippen molar-refractivity contribution in [3.8, 4) is 6.07 Å². The van der Waals surface area contributed by atoms with Crippen LogP contribution >= 0.6 is 11.8 Å². The number of thioether (sulfide) groups is 1. The third-order valence-corrected chi connectivity index (χ3v) is 4.66. The summed E-state index contributed by atoms with van der Waals surface area (Å²) < 4.78 is 2.36. The second kappa shape index (κ2) is 5.51. The van der Waals surface area contributed by atoms with Crippen LogP contribution in [0, 0.1) is 11.3 Å². The number of nitrogens with one attached hydrogen (secondary N) is 1. The summed E-state index contributed by atoms with van der Waals surface area (Å²) >= 11 is 1.74. The molecule has 1 aromatic rings. The Morgan fingerprint density at radius 3 is 2.79 bits per heavy atom. The van der Waals surface area contributed by atoms with E-state index in [-0.39, 0.29) is 6.04 Å². The van der Waals surface area contributed by atoms with Crippen molar-refractivity contribution in [2.75, 3.05) is 12.8 Å². The molecule has 0 aromatic carbocycles. The molecule has 2 aliphatic rings. The number of nitrogens with zero attached hydrogens (tertiary/aromatic N) is 4. The van der Waals surface area contributed by atoms with E-state index in [1.165, 1.54) is 31.5 Å². The normalized spacial score (nSPS) is 20.2. The zero-order valence-electron chi connectivity index (χ0n) is 11.2. The summed E-state index contributed by atoms with van der Waals surface area (Å²) in [5.41, 5.74) is 0. The third kappa shape index (κ3) is 2.93. The van der Waals surface area contributed by atoms with Crippen LogP contribution in [-0.2, 0) is 0 Å². The Bertz CT molecular complexity index is 484. The van der Waals surface area contributed by atoms with Crippen LogP contribution in [0.4, 0.5) is 0 Å². The lowest BCUT2D eigenvalue weighted by atomic mass is 10.3. The number of hydrogen-bond donors (Lipinski definition) is 1. The van der Waals surface area contributed by atoms with Gasteiger partial charge in [0.05, 0.1) is 12.1 Å². The fourth-order valence-corrected chi connectivity index (χ4v) is 3.24. The third-order valence-electron chi connectivity index (χ3n) is 3.69. The predicted molar refractivity (Wildman–Crippen MR) is 74.1 cm³/mol. The largest absolute Gasteiger partial charge is 0.305 e. The van der Waals surface area contributed by atoms with E-state index in [0.29, 0.717) is 12.0 Å². The quantitative estimate of drug-likeness (QED) is 0.773. The summed E-state index contributed by atoms with van der Waals surface area (Å²) in [7, 11) is 1.83. The molecular formula is C13H19N5S. The van der Waals surface area contributed by atoms with Crippen LogP contribution in [-0.4, -0.2) is 33.6 Å². The number of hydrogen-bond acceptors (Lipinski definition) is 5. The molecule has 0 saturated heterocycles. The van der Waals surface area contributed by atoms with Crippen LogP contribution in [0.1, 0.15) is 49.9 Å². The first kappa shape index (κ1) is 12.9. The van der Waals surface area contributed by atoms with Gasteiger partial charge in [-0.25, -0.2) is 0 Å². The smallest absolute Gasteiger partial charge is 0.191 e. The zero-order chi connectivity index (χ0) is 13.2. The van der Waals surface area contributed by atoms with E-state index >= 15 is 0 Å². The van der Waals surface area contributed by atoms with Gasteiger partial charge in [0, 0.05) is 17.7 Å². The molecule has 1 atom stereocenters. The Hall–Kier alpha value is -1.06.